The molecule has 0 bridgehead atoms. The van der Waals surface area contributed by atoms with Gasteiger partial charge >= 0.3 is 0 Å². The number of rotatable bonds is 6. The minimum absolute atomic E-state index is 0.0823. The van der Waals surface area contributed by atoms with Crippen LogP contribution in [0.15, 0.2) is 52.1 Å². The number of benzene rings is 2. The maximum absolute atomic E-state index is 12.8. The number of ketones is 1. The molecule has 5 nitrogen and oxygen atoms in total. The van der Waals surface area contributed by atoms with Crippen molar-refractivity contribution in [3.8, 4) is 17.2 Å². The third-order valence-corrected chi connectivity index (χ3v) is 5.71. The number of methoxy groups -OCH3 is 1. The molecular weight excluding hydrogens is 360 g/mol. The summed E-state index contributed by atoms with van der Waals surface area (Å²) in [6.45, 7) is 1.87. The molecule has 2 aromatic carbocycles. The Balaban J connectivity index is 1.45. The molecule has 0 amide bonds. The van der Waals surface area contributed by atoms with E-state index in [1.54, 1.807) is 7.11 Å². The highest BCUT2D eigenvalue weighted by molar-refractivity contribution is 8.00. The van der Waals surface area contributed by atoms with E-state index in [0.717, 1.165) is 29.7 Å². The predicted molar refractivity (Wildman–Crippen MR) is 104 cm³/mol. The number of aromatic nitrogens is 2. The Hall–Kier alpha value is -2.60. The van der Waals surface area contributed by atoms with Gasteiger partial charge in [-0.2, -0.15) is 0 Å². The van der Waals surface area contributed by atoms with Crippen molar-refractivity contribution < 1.29 is 13.9 Å². The van der Waals surface area contributed by atoms with Crippen molar-refractivity contribution >= 4 is 17.5 Å². The van der Waals surface area contributed by atoms with Gasteiger partial charge in [-0.1, -0.05) is 23.9 Å². The number of hydrogen-bond acceptors (Lipinski definition) is 6. The summed E-state index contributed by atoms with van der Waals surface area (Å²) in [4.78, 5) is 12.8. The van der Waals surface area contributed by atoms with E-state index in [-0.39, 0.29) is 11.0 Å². The van der Waals surface area contributed by atoms with Crippen LogP contribution in [0.25, 0.3) is 11.5 Å². The summed E-state index contributed by atoms with van der Waals surface area (Å²) >= 11 is 1.29. The first-order chi connectivity index (χ1) is 13.1. The fraction of sp³-hybridized carbons (Fsp3) is 0.286. The molecule has 4 rings (SSSR count). The quantitative estimate of drug-likeness (QED) is 0.460. The number of fused-ring (bicyclic) bond motifs is 1. The zero-order chi connectivity index (χ0) is 18.8. The predicted octanol–water partition coefficient (Wildman–Crippen LogP) is 4.60. The molecule has 0 radical (unpaired) electrons. The van der Waals surface area contributed by atoms with E-state index in [9.17, 15) is 4.79 Å². The molecule has 1 unspecified atom stereocenters. The molecule has 0 saturated carbocycles. The molecule has 1 aliphatic carbocycles. The summed E-state index contributed by atoms with van der Waals surface area (Å²) < 4.78 is 10.9. The van der Waals surface area contributed by atoms with Crippen molar-refractivity contribution in [2.24, 2.45) is 0 Å². The maximum Gasteiger partial charge on any atom is 0.277 e. The van der Waals surface area contributed by atoms with Crippen LogP contribution in [0.3, 0.4) is 0 Å². The molecule has 0 N–H and O–H groups in total. The van der Waals surface area contributed by atoms with Gasteiger partial charge in [0.2, 0.25) is 5.89 Å². The van der Waals surface area contributed by atoms with E-state index in [2.05, 4.69) is 16.3 Å². The summed E-state index contributed by atoms with van der Waals surface area (Å²) in [6, 6.07) is 13.5. The monoisotopic (exact) mass is 380 g/mol. The van der Waals surface area contributed by atoms with Crippen LogP contribution < -0.4 is 4.74 Å². The summed E-state index contributed by atoms with van der Waals surface area (Å²) in [5.41, 5.74) is 4.24. The Morgan fingerprint density at radius 2 is 1.89 bits per heavy atom. The van der Waals surface area contributed by atoms with E-state index in [4.69, 9.17) is 9.15 Å². The summed E-state index contributed by atoms with van der Waals surface area (Å²) in [5, 5.41) is 8.25. The lowest BCUT2D eigenvalue weighted by molar-refractivity contribution is 0.0993. The Bertz CT molecular complexity index is 966. The third-order valence-electron chi connectivity index (χ3n) is 4.77. The summed E-state index contributed by atoms with van der Waals surface area (Å²) in [5.74, 6) is 1.28. The molecule has 0 aliphatic heterocycles. The van der Waals surface area contributed by atoms with E-state index in [0.29, 0.717) is 11.1 Å². The van der Waals surface area contributed by atoms with Gasteiger partial charge in [0.15, 0.2) is 5.78 Å². The fourth-order valence-corrected chi connectivity index (χ4v) is 4.03. The van der Waals surface area contributed by atoms with E-state index in [1.165, 1.54) is 29.3 Å². The third kappa shape index (κ3) is 3.76. The Labute approximate surface area is 162 Å². The Morgan fingerprint density at radius 1 is 1.11 bits per heavy atom. The number of aryl methyl sites for hydroxylation is 2. The first kappa shape index (κ1) is 17.8. The summed E-state index contributed by atoms with van der Waals surface area (Å²) in [7, 11) is 1.62. The topological polar surface area (TPSA) is 65.2 Å². The van der Waals surface area contributed by atoms with Crippen molar-refractivity contribution in [3.05, 3.63) is 59.2 Å². The molecule has 0 saturated heterocycles. The van der Waals surface area contributed by atoms with Crippen LogP contribution in [0, 0.1) is 0 Å². The molecule has 1 aliphatic rings. The van der Waals surface area contributed by atoms with E-state index < -0.39 is 0 Å². The van der Waals surface area contributed by atoms with Gasteiger partial charge in [0.05, 0.1) is 12.4 Å². The average molecular weight is 380 g/mol. The molecular formula is C21H20N2O3S. The molecule has 6 heteroatoms. The Kier molecular flexibility index (Phi) is 4.99. The van der Waals surface area contributed by atoms with Gasteiger partial charge < -0.3 is 9.15 Å². The second-order valence-corrected chi connectivity index (χ2v) is 7.86. The van der Waals surface area contributed by atoms with Crippen molar-refractivity contribution in [1.29, 1.82) is 0 Å². The summed E-state index contributed by atoms with van der Waals surface area (Å²) in [6.07, 6.45) is 3.35. The first-order valence-corrected chi connectivity index (χ1v) is 9.82. The highest BCUT2D eigenvalue weighted by atomic mass is 32.2. The fourth-order valence-electron chi connectivity index (χ4n) is 3.27. The van der Waals surface area contributed by atoms with Crippen molar-refractivity contribution in [2.45, 2.75) is 36.7 Å². The molecule has 138 valence electrons. The molecule has 27 heavy (non-hydrogen) atoms. The first-order valence-electron chi connectivity index (χ1n) is 8.94. The number of hydrogen-bond donors (Lipinski definition) is 0. The molecule has 1 atom stereocenters. The zero-order valence-corrected chi connectivity index (χ0v) is 16.1. The van der Waals surface area contributed by atoms with Crippen LogP contribution in [-0.2, 0) is 12.8 Å². The number of carbonyl (C=O) groups is 1. The maximum atomic E-state index is 12.8. The van der Waals surface area contributed by atoms with Crippen LogP contribution in [0.2, 0.25) is 0 Å². The molecule has 0 fully saturated rings. The van der Waals surface area contributed by atoms with Gasteiger partial charge in [-0.25, -0.2) is 0 Å². The number of ether oxygens (including phenoxy) is 1. The molecule has 1 heterocycles. The van der Waals surface area contributed by atoms with Gasteiger partial charge in [0.1, 0.15) is 5.75 Å². The van der Waals surface area contributed by atoms with Crippen LogP contribution in [0.4, 0.5) is 0 Å². The number of carbonyl (C=O) groups excluding carboxylic acids is 1. The standard InChI is InChI=1S/C21H20N2O3S/c1-13(19(24)17-7-6-14-4-3-5-16(14)12-17)27-21-23-22-20(26-21)15-8-10-18(25-2)11-9-15/h6-13H,3-5H2,1-2H3. The second kappa shape index (κ2) is 7.56. The van der Waals surface area contributed by atoms with Gasteiger partial charge in [0.25, 0.3) is 5.22 Å². The minimum atomic E-state index is -0.298. The second-order valence-electron chi connectivity index (χ2n) is 6.56. The zero-order valence-electron chi connectivity index (χ0n) is 15.3. The Morgan fingerprint density at radius 3 is 2.67 bits per heavy atom. The minimum Gasteiger partial charge on any atom is -0.497 e. The van der Waals surface area contributed by atoms with Crippen LogP contribution >= 0.6 is 11.8 Å². The highest BCUT2D eigenvalue weighted by Gasteiger charge is 2.22. The van der Waals surface area contributed by atoms with Crippen molar-refractivity contribution in [1.82, 2.24) is 10.2 Å². The largest absolute Gasteiger partial charge is 0.497 e. The van der Waals surface area contributed by atoms with Gasteiger partial charge in [-0.3, -0.25) is 4.79 Å². The highest BCUT2D eigenvalue weighted by Crippen LogP contribution is 2.30. The lowest BCUT2D eigenvalue weighted by Gasteiger charge is -2.09. The van der Waals surface area contributed by atoms with Crippen molar-refractivity contribution in [3.63, 3.8) is 0 Å². The normalized spacial score (nSPS) is 14.0. The number of thioether (sulfide) groups is 1. The van der Waals surface area contributed by atoms with E-state index in [1.807, 2.05) is 43.3 Å². The molecule has 3 aromatic rings. The molecule has 0 spiro atoms. The van der Waals surface area contributed by atoms with Crippen molar-refractivity contribution in [2.75, 3.05) is 7.11 Å². The lowest BCUT2D eigenvalue weighted by Crippen LogP contribution is -2.13. The van der Waals surface area contributed by atoms with Gasteiger partial charge in [0, 0.05) is 11.1 Å². The van der Waals surface area contributed by atoms with Crippen LogP contribution in [-0.4, -0.2) is 28.3 Å². The smallest absolute Gasteiger partial charge is 0.277 e. The average Bonchev–Trinajstić information content (AvgIpc) is 3.36. The van der Waals surface area contributed by atoms with Crippen LogP contribution in [0.5, 0.6) is 5.75 Å². The SMILES string of the molecule is COc1ccc(-c2nnc(SC(C)C(=O)c3ccc4c(c3)CCC4)o2)cc1. The number of Topliss-reactive ketones (excluding diaryl/α,β-unsaturated/α-hetero) is 1. The molecule has 1 aromatic heterocycles. The van der Waals surface area contributed by atoms with Gasteiger partial charge in [-0.15, -0.1) is 10.2 Å². The van der Waals surface area contributed by atoms with Gasteiger partial charge in [-0.05, 0) is 67.6 Å². The number of nitrogens with zero attached hydrogens (tertiary/aromatic N) is 2. The van der Waals surface area contributed by atoms with Crippen LogP contribution in [0.1, 0.15) is 34.8 Å². The van der Waals surface area contributed by atoms with E-state index >= 15 is 0 Å². The lowest BCUT2D eigenvalue weighted by atomic mass is 10.0.